The van der Waals surface area contributed by atoms with Gasteiger partial charge in [0.05, 0.1) is 11.3 Å². The molecule has 2 rings (SSSR count). The lowest BCUT2D eigenvalue weighted by Gasteiger charge is -2.16. The lowest BCUT2D eigenvalue weighted by Crippen LogP contribution is -2.32. The first-order valence-electron chi connectivity index (χ1n) is 6.66. The van der Waals surface area contributed by atoms with Crippen molar-refractivity contribution in [3.05, 3.63) is 58.3 Å². The molecule has 2 aromatic rings. The molecule has 4 heteroatoms. The van der Waals surface area contributed by atoms with Crippen molar-refractivity contribution in [2.45, 2.75) is 30.9 Å². The van der Waals surface area contributed by atoms with Crippen LogP contribution < -0.4 is 5.32 Å². The van der Waals surface area contributed by atoms with Crippen LogP contribution >= 0.6 is 23.1 Å². The van der Waals surface area contributed by atoms with Gasteiger partial charge in [0.25, 0.3) is 0 Å². The molecule has 1 aromatic carbocycles. The molecule has 0 spiro atoms. The molecule has 0 aliphatic rings. The number of benzene rings is 1. The maximum atomic E-state index is 12.1. The Hall–Kier alpha value is -1.26. The van der Waals surface area contributed by atoms with Gasteiger partial charge in [-0.1, -0.05) is 36.4 Å². The van der Waals surface area contributed by atoms with E-state index in [9.17, 15) is 4.79 Å². The van der Waals surface area contributed by atoms with Crippen LogP contribution in [0.5, 0.6) is 0 Å². The van der Waals surface area contributed by atoms with Gasteiger partial charge < -0.3 is 5.32 Å². The van der Waals surface area contributed by atoms with Crippen molar-refractivity contribution >= 4 is 29.0 Å². The highest BCUT2D eigenvalue weighted by atomic mass is 32.2. The fourth-order valence-electron chi connectivity index (χ4n) is 1.81. The zero-order chi connectivity index (χ0) is 14.4. The number of amides is 1. The number of carbonyl (C=O) groups excluding carboxylic acids is 1. The highest BCUT2D eigenvalue weighted by molar-refractivity contribution is 7.99. The van der Waals surface area contributed by atoms with Gasteiger partial charge in [0, 0.05) is 10.6 Å². The Morgan fingerprint density at radius 1 is 1.20 bits per heavy atom. The predicted octanol–water partition coefficient (Wildman–Crippen LogP) is 4.25. The third kappa shape index (κ3) is 4.39. The summed E-state index contributed by atoms with van der Waals surface area (Å²) in [5.74, 6) is 0.967. The number of carbonyl (C=O) groups is 1. The quantitative estimate of drug-likeness (QED) is 0.864. The molecule has 0 aliphatic carbocycles. The topological polar surface area (TPSA) is 29.1 Å². The third-order valence-corrected chi connectivity index (χ3v) is 5.31. The second-order valence-corrected chi connectivity index (χ2v) is 6.99. The Kier molecular flexibility index (Phi) is 5.68. The molecule has 2 atom stereocenters. The number of thioether (sulfide) groups is 1. The van der Waals surface area contributed by atoms with Crippen LogP contribution in [-0.2, 0) is 10.5 Å². The molecule has 0 bridgehead atoms. The van der Waals surface area contributed by atoms with Crippen LogP contribution in [-0.4, -0.2) is 11.2 Å². The highest BCUT2D eigenvalue weighted by Crippen LogP contribution is 2.21. The van der Waals surface area contributed by atoms with E-state index in [0.717, 1.165) is 5.75 Å². The van der Waals surface area contributed by atoms with Gasteiger partial charge in [-0.3, -0.25) is 4.79 Å². The van der Waals surface area contributed by atoms with E-state index >= 15 is 0 Å². The predicted molar refractivity (Wildman–Crippen MR) is 88.1 cm³/mol. The minimum atomic E-state index is -0.0439. The molecule has 2 unspecified atom stereocenters. The van der Waals surface area contributed by atoms with E-state index in [1.807, 2.05) is 43.5 Å². The summed E-state index contributed by atoms with van der Waals surface area (Å²) in [6.07, 6.45) is 0. The van der Waals surface area contributed by atoms with Crippen molar-refractivity contribution in [2.75, 3.05) is 0 Å². The number of hydrogen-bond acceptors (Lipinski definition) is 3. The summed E-state index contributed by atoms with van der Waals surface area (Å²) in [7, 11) is 0. The molecule has 1 amide bonds. The van der Waals surface area contributed by atoms with E-state index in [1.165, 1.54) is 10.4 Å². The molecule has 0 fully saturated rings. The molecule has 0 radical (unpaired) electrons. The van der Waals surface area contributed by atoms with Gasteiger partial charge in [-0.2, -0.15) is 0 Å². The van der Waals surface area contributed by atoms with Crippen LogP contribution in [0.2, 0.25) is 0 Å². The molecular weight excluding hydrogens is 286 g/mol. The number of rotatable bonds is 6. The van der Waals surface area contributed by atoms with Gasteiger partial charge >= 0.3 is 0 Å². The fourth-order valence-corrected chi connectivity index (χ4v) is 3.40. The first-order valence-corrected chi connectivity index (χ1v) is 8.59. The van der Waals surface area contributed by atoms with Crippen LogP contribution in [0.1, 0.15) is 30.3 Å². The molecule has 0 aliphatic heterocycles. The smallest absolute Gasteiger partial charge is 0.233 e. The fraction of sp³-hybridized carbons (Fsp3) is 0.312. The zero-order valence-electron chi connectivity index (χ0n) is 11.7. The zero-order valence-corrected chi connectivity index (χ0v) is 13.3. The maximum absolute atomic E-state index is 12.1. The average molecular weight is 305 g/mol. The second kappa shape index (κ2) is 7.50. The van der Waals surface area contributed by atoms with Crippen LogP contribution in [0, 0.1) is 0 Å². The average Bonchev–Trinajstić information content (AvgIpc) is 3.00. The summed E-state index contributed by atoms with van der Waals surface area (Å²) in [5, 5.41) is 5.06. The van der Waals surface area contributed by atoms with Crippen molar-refractivity contribution in [2.24, 2.45) is 0 Å². The highest BCUT2D eigenvalue weighted by Gasteiger charge is 2.16. The van der Waals surface area contributed by atoms with Gasteiger partial charge in [0.1, 0.15) is 0 Å². The van der Waals surface area contributed by atoms with E-state index in [4.69, 9.17) is 0 Å². The van der Waals surface area contributed by atoms with Gasteiger partial charge in [0.15, 0.2) is 0 Å². The summed E-state index contributed by atoms with van der Waals surface area (Å²) < 4.78 is 0. The molecule has 20 heavy (non-hydrogen) atoms. The maximum Gasteiger partial charge on any atom is 0.233 e. The van der Waals surface area contributed by atoms with Gasteiger partial charge in [-0.25, -0.2) is 0 Å². The van der Waals surface area contributed by atoms with Gasteiger partial charge in [-0.15, -0.1) is 23.1 Å². The second-order valence-electron chi connectivity index (χ2n) is 4.68. The first kappa shape index (κ1) is 15.1. The summed E-state index contributed by atoms with van der Waals surface area (Å²) in [6, 6.07) is 14.4. The molecular formula is C16H19NOS2. The SMILES string of the molecule is CC(SCc1ccccc1)C(=O)NC(C)c1cccs1. The molecule has 106 valence electrons. The van der Waals surface area contributed by atoms with Gasteiger partial charge in [-0.05, 0) is 30.9 Å². The van der Waals surface area contributed by atoms with Crippen LogP contribution in [0.15, 0.2) is 47.8 Å². The van der Waals surface area contributed by atoms with Crippen molar-refractivity contribution < 1.29 is 4.79 Å². The lowest BCUT2D eigenvalue weighted by atomic mass is 10.2. The van der Waals surface area contributed by atoms with Crippen molar-refractivity contribution in [1.82, 2.24) is 5.32 Å². The minimum Gasteiger partial charge on any atom is -0.348 e. The normalized spacial score (nSPS) is 13.7. The summed E-state index contributed by atoms with van der Waals surface area (Å²) >= 11 is 3.34. The summed E-state index contributed by atoms with van der Waals surface area (Å²) in [4.78, 5) is 13.3. The lowest BCUT2D eigenvalue weighted by molar-refractivity contribution is -0.120. The largest absolute Gasteiger partial charge is 0.348 e. The Labute approximate surface area is 128 Å². The number of nitrogens with one attached hydrogen (secondary N) is 1. The Morgan fingerprint density at radius 2 is 1.95 bits per heavy atom. The molecule has 1 N–H and O–H groups in total. The van der Waals surface area contributed by atoms with Crippen LogP contribution in [0.3, 0.4) is 0 Å². The summed E-state index contributed by atoms with van der Waals surface area (Å²) in [6.45, 7) is 3.99. The van der Waals surface area contributed by atoms with Crippen LogP contribution in [0.25, 0.3) is 0 Å². The van der Waals surface area contributed by atoms with Gasteiger partial charge in [0.2, 0.25) is 5.91 Å². The third-order valence-electron chi connectivity index (χ3n) is 3.04. The van der Waals surface area contributed by atoms with E-state index in [2.05, 4.69) is 23.5 Å². The Balaban J connectivity index is 1.80. The molecule has 1 heterocycles. The Morgan fingerprint density at radius 3 is 2.60 bits per heavy atom. The molecule has 2 nitrogen and oxygen atoms in total. The number of thiophene rings is 1. The first-order chi connectivity index (χ1) is 9.66. The van der Waals surface area contributed by atoms with E-state index in [-0.39, 0.29) is 17.2 Å². The molecule has 0 saturated heterocycles. The number of hydrogen-bond donors (Lipinski definition) is 1. The monoisotopic (exact) mass is 305 g/mol. The van der Waals surface area contributed by atoms with E-state index in [0.29, 0.717) is 0 Å². The minimum absolute atomic E-state index is 0.0439. The van der Waals surface area contributed by atoms with Crippen molar-refractivity contribution in [3.63, 3.8) is 0 Å². The Bertz CT molecular complexity index is 525. The molecule has 0 saturated carbocycles. The van der Waals surface area contributed by atoms with Crippen LogP contribution in [0.4, 0.5) is 0 Å². The standard InChI is InChI=1S/C16H19NOS2/c1-12(15-9-6-10-19-15)17-16(18)13(2)20-11-14-7-4-3-5-8-14/h3-10,12-13H,11H2,1-2H3,(H,17,18). The molecule has 1 aromatic heterocycles. The summed E-state index contributed by atoms with van der Waals surface area (Å²) in [5.41, 5.74) is 1.25. The van der Waals surface area contributed by atoms with Crippen molar-refractivity contribution in [3.8, 4) is 0 Å². The van der Waals surface area contributed by atoms with E-state index in [1.54, 1.807) is 23.1 Å². The van der Waals surface area contributed by atoms with E-state index < -0.39 is 0 Å². The van der Waals surface area contributed by atoms with Crippen molar-refractivity contribution in [1.29, 1.82) is 0 Å².